The Morgan fingerprint density at radius 3 is 2.62 bits per heavy atom. The highest BCUT2D eigenvalue weighted by Crippen LogP contribution is 2.31. The molecule has 5 nitrogen and oxygen atoms in total. The lowest BCUT2D eigenvalue weighted by molar-refractivity contribution is 0.103. The van der Waals surface area contributed by atoms with E-state index in [4.69, 9.17) is 5.11 Å². The van der Waals surface area contributed by atoms with E-state index in [-0.39, 0.29) is 12.6 Å². The van der Waals surface area contributed by atoms with Crippen LogP contribution in [0, 0.1) is 12.8 Å². The molecule has 2 fully saturated rings. The maximum Gasteiger partial charge on any atom is 0.407 e. The first-order valence-corrected chi connectivity index (χ1v) is 8.68. The van der Waals surface area contributed by atoms with Crippen molar-refractivity contribution in [1.29, 1.82) is 0 Å². The van der Waals surface area contributed by atoms with Crippen molar-refractivity contribution >= 4 is 11.8 Å². The van der Waals surface area contributed by atoms with E-state index in [0.29, 0.717) is 13.1 Å². The smallest absolute Gasteiger partial charge is 0.407 e. The lowest BCUT2D eigenvalue weighted by atomic mass is 10.1. The molecule has 1 N–H and O–H groups in total. The molecule has 2 saturated heterocycles. The Hall–Kier alpha value is -1.82. The molecule has 3 rings (SSSR count). The molecule has 24 heavy (non-hydrogen) atoms. The van der Waals surface area contributed by atoms with Crippen molar-refractivity contribution < 1.29 is 14.3 Å². The minimum atomic E-state index is -0.833. The maximum absolute atomic E-state index is 13.0. The number of amides is 1. The van der Waals surface area contributed by atoms with Crippen LogP contribution < -0.4 is 4.90 Å². The normalized spacial score (nSPS) is 22.2. The van der Waals surface area contributed by atoms with E-state index in [1.54, 1.807) is 0 Å². The molecule has 0 aliphatic carbocycles. The fourth-order valence-corrected chi connectivity index (χ4v) is 3.80. The quantitative estimate of drug-likeness (QED) is 0.919. The molecule has 0 saturated carbocycles. The topological polar surface area (TPSA) is 47.0 Å². The number of hydrogen-bond donors (Lipinski definition) is 1. The largest absolute Gasteiger partial charge is 0.465 e. The predicted octanol–water partition coefficient (Wildman–Crippen LogP) is 2.59. The van der Waals surface area contributed by atoms with E-state index in [1.807, 2.05) is 0 Å². The third kappa shape index (κ3) is 3.64. The molecule has 0 aromatic heterocycles. The number of anilines is 1. The minimum Gasteiger partial charge on any atom is -0.465 e. The van der Waals surface area contributed by atoms with E-state index in [0.717, 1.165) is 39.1 Å². The number of halogens is 1. The molecule has 6 heteroatoms. The average molecular weight is 335 g/mol. The van der Waals surface area contributed by atoms with Crippen LogP contribution in [0.4, 0.5) is 14.9 Å². The molecule has 1 aromatic carbocycles. The van der Waals surface area contributed by atoms with E-state index >= 15 is 0 Å². The summed E-state index contributed by atoms with van der Waals surface area (Å²) in [4.78, 5) is 17.1. The number of aryl methyl sites for hydroxylation is 1. The van der Waals surface area contributed by atoms with E-state index in [2.05, 4.69) is 34.9 Å². The Balaban J connectivity index is 1.70. The number of benzene rings is 1. The van der Waals surface area contributed by atoms with Gasteiger partial charge in [0.15, 0.2) is 0 Å². The van der Waals surface area contributed by atoms with Crippen molar-refractivity contribution in [3.63, 3.8) is 0 Å². The molecule has 1 atom stereocenters. The molecule has 1 unspecified atom stereocenters. The van der Waals surface area contributed by atoms with Crippen LogP contribution in [0.3, 0.4) is 0 Å². The summed E-state index contributed by atoms with van der Waals surface area (Å²) in [5.41, 5.74) is 3.74. The second kappa shape index (κ2) is 7.38. The zero-order chi connectivity index (χ0) is 17.1. The molecule has 2 aliphatic rings. The van der Waals surface area contributed by atoms with Crippen molar-refractivity contribution in [3.8, 4) is 0 Å². The lowest BCUT2D eigenvalue weighted by Crippen LogP contribution is -2.47. The maximum atomic E-state index is 13.0. The van der Waals surface area contributed by atoms with E-state index in [1.165, 1.54) is 21.7 Å². The van der Waals surface area contributed by atoms with Gasteiger partial charge in [0.1, 0.15) is 0 Å². The van der Waals surface area contributed by atoms with Crippen molar-refractivity contribution in [2.75, 3.05) is 50.8 Å². The zero-order valence-corrected chi connectivity index (χ0v) is 14.2. The van der Waals surface area contributed by atoms with Crippen LogP contribution in [0.5, 0.6) is 0 Å². The number of hydrogen-bond acceptors (Lipinski definition) is 3. The van der Waals surface area contributed by atoms with Gasteiger partial charge in [0.05, 0.1) is 6.67 Å². The van der Waals surface area contributed by atoms with Crippen molar-refractivity contribution in [2.45, 2.75) is 19.9 Å². The monoisotopic (exact) mass is 335 g/mol. The number of para-hydroxylation sites is 1. The van der Waals surface area contributed by atoms with Crippen LogP contribution in [-0.2, 0) is 6.54 Å². The van der Waals surface area contributed by atoms with Gasteiger partial charge in [-0.3, -0.25) is 9.29 Å². The average Bonchev–Trinajstić information content (AvgIpc) is 3.04. The van der Waals surface area contributed by atoms with Gasteiger partial charge in [-0.15, -0.1) is 0 Å². The first kappa shape index (κ1) is 17.0. The molecule has 2 aliphatic heterocycles. The summed E-state index contributed by atoms with van der Waals surface area (Å²) in [5.74, 6) is 0.150. The Bertz CT molecular complexity index is 588. The summed E-state index contributed by atoms with van der Waals surface area (Å²) in [5, 5.41) is 9.06. The lowest BCUT2D eigenvalue weighted by Gasteiger charge is -2.34. The number of carbonyl (C=O) groups is 1. The molecule has 0 radical (unpaired) electrons. The second-order valence-corrected chi connectivity index (χ2v) is 6.88. The molecule has 1 aromatic rings. The van der Waals surface area contributed by atoms with Crippen LogP contribution in [0.1, 0.15) is 17.5 Å². The predicted molar refractivity (Wildman–Crippen MR) is 92.3 cm³/mol. The van der Waals surface area contributed by atoms with Crippen LogP contribution in [0.2, 0.25) is 0 Å². The number of nitrogens with zero attached hydrogens (tertiary/aromatic N) is 3. The summed E-state index contributed by atoms with van der Waals surface area (Å²) in [7, 11) is 0. The number of piperazine rings is 1. The molecule has 2 heterocycles. The van der Waals surface area contributed by atoms with Crippen LogP contribution in [-0.4, -0.2) is 66.9 Å². The van der Waals surface area contributed by atoms with Crippen molar-refractivity contribution in [1.82, 2.24) is 9.80 Å². The van der Waals surface area contributed by atoms with Gasteiger partial charge in [-0.05, 0) is 24.5 Å². The Morgan fingerprint density at radius 2 is 2.00 bits per heavy atom. The molecule has 0 bridgehead atoms. The molecule has 132 valence electrons. The molecule has 0 spiro atoms. The standard InChI is InChI=1S/C18H26FN3O2/c1-14-3-2-4-16(17(14)22-6-5-15(11-19)12-22)13-20-7-9-21(10-8-20)18(23)24/h2-4,15H,5-13H2,1H3,(H,23,24). The Kier molecular flexibility index (Phi) is 5.23. The third-order valence-corrected chi connectivity index (χ3v) is 5.18. The summed E-state index contributed by atoms with van der Waals surface area (Å²) in [6, 6.07) is 6.34. The fourth-order valence-electron chi connectivity index (χ4n) is 3.80. The number of carboxylic acid groups (broad SMARTS) is 1. The highest BCUT2D eigenvalue weighted by Gasteiger charge is 2.26. The fraction of sp³-hybridized carbons (Fsp3) is 0.611. The Morgan fingerprint density at radius 1 is 1.25 bits per heavy atom. The summed E-state index contributed by atoms with van der Waals surface area (Å²) < 4.78 is 13.0. The van der Waals surface area contributed by atoms with Crippen LogP contribution in [0.25, 0.3) is 0 Å². The first-order valence-electron chi connectivity index (χ1n) is 8.68. The number of alkyl halides is 1. The molecule has 1 amide bonds. The molecular formula is C18H26FN3O2. The molecular weight excluding hydrogens is 309 g/mol. The SMILES string of the molecule is Cc1cccc(CN2CCN(C(=O)O)CC2)c1N1CCC(CF)C1. The van der Waals surface area contributed by atoms with E-state index < -0.39 is 6.09 Å². The van der Waals surface area contributed by atoms with Crippen molar-refractivity contribution in [3.05, 3.63) is 29.3 Å². The van der Waals surface area contributed by atoms with Crippen molar-refractivity contribution in [2.24, 2.45) is 5.92 Å². The first-order chi connectivity index (χ1) is 11.6. The minimum absolute atomic E-state index is 0.150. The summed E-state index contributed by atoms with van der Waals surface area (Å²) in [6.07, 6.45) is 0.0851. The Labute approximate surface area is 142 Å². The highest BCUT2D eigenvalue weighted by atomic mass is 19.1. The van der Waals surface area contributed by atoms with Gasteiger partial charge in [0.2, 0.25) is 0 Å². The van der Waals surface area contributed by atoms with E-state index in [9.17, 15) is 9.18 Å². The number of rotatable bonds is 4. The third-order valence-electron chi connectivity index (χ3n) is 5.18. The van der Waals surface area contributed by atoms with Crippen LogP contribution in [0.15, 0.2) is 18.2 Å². The second-order valence-electron chi connectivity index (χ2n) is 6.88. The summed E-state index contributed by atoms with van der Waals surface area (Å²) >= 11 is 0. The van der Waals surface area contributed by atoms with Gasteiger partial charge in [0, 0.05) is 57.4 Å². The van der Waals surface area contributed by atoms with Gasteiger partial charge in [0.25, 0.3) is 0 Å². The summed E-state index contributed by atoms with van der Waals surface area (Å²) in [6.45, 7) is 7.04. The van der Waals surface area contributed by atoms with Gasteiger partial charge in [-0.25, -0.2) is 4.79 Å². The van der Waals surface area contributed by atoms with Gasteiger partial charge in [-0.2, -0.15) is 0 Å². The van der Waals surface area contributed by atoms with Crippen LogP contribution >= 0.6 is 0 Å². The highest BCUT2D eigenvalue weighted by molar-refractivity contribution is 5.65. The van der Waals surface area contributed by atoms with Gasteiger partial charge in [-0.1, -0.05) is 18.2 Å². The van der Waals surface area contributed by atoms with Gasteiger partial charge >= 0.3 is 6.09 Å². The zero-order valence-electron chi connectivity index (χ0n) is 14.2. The van der Waals surface area contributed by atoms with Gasteiger partial charge < -0.3 is 14.9 Å².